The van der Waals surface area contributed by atoms with Gasteiger partial charge in [-0.1, -0.05) is 78.9 Å². The summed E-state index contributed by atoms with van der Waals surface area (Å²) in [5.74, 6) is 0. The molecule has 1 heteroatoms. The SMILES string of the molecule is c1ccc(-n2c3ccc4ccccc4c3c3c4ccccc4ccc32)cc1. The third-order valence-corrected chi connectivity index (χ3v) is 5.56. The molecule has 5 aromatic carbocycles. The molecule has 1 aromatic heterocycles. The molecule has 0 N–H and O–H groups in total. The van der Waals surface area contributed by atoms with E-state index in [9.17, 15) is 0 Å². The minimum atomic E-state index is 1.20. The first-order valence-corrected chi connectivity index (χ1v) is 9.31. The minimum Gasteiger partial charge on any atom is -0.309 e. The monoisotopic (exact) mass is 343 g/mol. The normalized spacial score (nSPS) is 11.7. The van der Waals surface area contributed by atoms with E-state index >= 15 is 0 Å². The number of hydrogen-bond acceptors (Lipinski definition) is 0. The largest absolute Gasteiger partial charge is 0.309 e. The topological polar surface area (TPSA) is 4.93 Å². The van der Waals surface area contributed by atoms with E-state index in [4.69, 9.17) is 0 Å². The van der Waals surface area contributed by atoms with Gasteiger partial charge in [0, 0.05) is 16.5 Å². The highest BCUT2D eigenvalue weighted by molar-refractivity contribution is 6.28. The van der Waals surface area contributed by atoms with Gasteiger partial charge in [-0.3, -0.25) is 0 Å². The summed E-state index contributed by atoms with van der Waals surface area (Å²) in [4.78, 5) is 0. The summed E-state index contributed by atoms with van der Waals surface area (Å²) in [6, 6.07) is 37.0. The van der Waals surface area contributed by atoms with E-state index in [0.29, 0.717) is 0 Å². The summed E-state index contributed by atoms with van der Waals surface area (Å²) in [5, 5.41) is 7.86. The van der Waals surface area contributed by atoms with Crippen LogP contribution in [0.25, 0.3) is 49.0 Å². The van der Waals surface area contributed by atoms with Crippen LogP contribution in [0.4, 0.5) is 0 Å². The minimum absolute atomic E-state index is 1.20. The zero-order valence-corrected chi connectivity index (χ0v) is 14.8. The molecule has 0 aliphatic rings. The molecule has 0 fully saturated rings. The maximum absolute atomic E-state index is 2.39. The number of para-hydroxylation sites is 1. The zero-order chi connectivity index (χ0) is 17.8. The van der Waals surface area contributed by atoms with Crippen molar-refractivity contribution in [1.29, 1.82) is 0 Å². The molecule has 0 saturated heterocycles. The molecule has 0 atom stereocenters. The van der Waals surface area contributed by atoms with Gasteiger partial charge >= 0.3 is 0 Å². The quantitative estimate of drug-likeness (QED) is 0.300. The van der Waals surface area contributed by atoms with Gasteiger partial charge in [-0.05, 0) is 45.8 Å². The molecular formula is C26H17N. The van der Waals surface area contributed by atoms with E-state index < -0.39 is 0 Å². The van der Waals surface area contributed by atoms with Crippen LogP contribution in [-0.2, 0) is 0 Å². The van der Waals surface area contributed by atoms with Crippen molar-refractivity contribution in [3.05, 3.63) is 103 Å². The van der Waals surface area contributed by atoms with E-state index in [1.165, 1.54) is 49.0 Å². The standard InChI is InChI=1S/C26H17N/c1-2-10-20(11-3-1)27-23-16-14-18-8-4-6-12-21(18)25(23)26-22-13-7-5-9-19(22)15-17-24(26)27/h1-17H. The van der Waals surface area contributed by atoms with Crippen LogP contribution in [0.2, 0.25) is 0 Å². The van der Waals surface area contributed by atoms with E-state index in [2.05, 4.69) is 108 Å². The third-order valence-electron chi connectivity index (χ3n) is 5.56. The van der Waals surface area contributed by atoms with Gasteiger partial charge in [-0.2, -0.15) is 0 Å². The maximum atomic E-state index is 2.39. The summed E-state index contributed by atoms with van der Waals surface area (Å²) in [5.41, 5.74) is 3.71. The summed E-state index contributed by atoms with van der Waals surface area (Å²) < 4.78 is 2.39. The van der Waals surface area contributed by atoms with Crippen LogP contribution in [-0.4, -0.2) is 4.57 Å². The highest BCUT2D eigenvalue weighted by Crippen LogP contribution is 2.40. The first-order chi connectivity index (χ1) is 13.4. The van der Waals surface area contributed by atoms with E-state index in [1.54, 1.807) is 0 Å². The summed E-state index contributed by atoms with van der Waals surface area (Å²) in [6.07, 6.45) is 0. The Morgan fingerprint density at radius 1 is 0.407 bits per heavy atom. The Balaban J connectivity index is 1.96. The highest BCUT2D eigenvalue weighted by atomic mass is 15.0. The lowest BCUT2D eigenvalue weighted by atomic mass is 10.00. The number of fused-ring (bicyclic) bond motifs is 7. The highest BCUT2D eigenvalue weighted by Gasteiger charge is 2.16. The Hall–Kier alpha value is -3.58. The Kier molecular flexibility index (Phi) is 2.95. The van der Waals surface area contributed by atoms with Gasteiger partial charge in [-0.25, -0.2) is 0 Å². The van der Waals surface area contributed by atoms with Crippen molar-refractivity contribution < 1.29 is 0 Å². The second-order valence-corrected chi connectivity index (χ2v) is 7.03. The molecule has 0 unspecified atom stereocenters. The summed E-state index contributed by atoms with van der Waals surface area (Å²) in [7, 11) is 0. The molecule has 0 aliphatic heterocycles. The zero-order valence-electron chi connectivity index (χ0n) is 14.8. The molecule has 27 heavy (non-hydrogen) atoms. The maximum Gasteiger partial charge on any atom is 0.0547 e. The van der Waals surface area contributed by atoms with Gasteiger partial charge < -0.3 is 4.57 Å². The Morgan fingerprint density at radius 2 is 0.889 bits per heavy atom. The molecular weight excluding hydrogens is 326 g/mol. The van der Waals surface area contributed by atoms with Crippen molar-refractivity contribution in [2.45, 2.75) is 0 Å². The summed E-state index contributed by atoms with van der Waals surface area (Å²) >= 11 is 0. The molecule has 1 heterocycles. The van der Waals surface area contributed by atoms with Crippen molar-refractivity contribution >= 4 is 43.4 Å². The van der Waals surface area contributed by atoms with Crippen molar-refractivity contribution in [3.63, 3.8) is 0 Å². The molecule has 6 aromatic rings. The molecule has 6 rings (SSSR count). The van der Waals surface area contributed by atoms with Crippen LogP contribution < -0.4 is 0 Å². The van der Waals surface area contributed by atoms with Crippen molar-refractivity contribution in [2.75, 3.05) is 0 Å². The fourth-order valence-corrected chi connectivity index (χ4v) is 4.40. The van der Waals surface area contributed by atoms with Crippen LogP contribution >= 0.6 is 0 Å². The van der Waals surface area contributed by atoms with Crippen LogP contribution in [0.3, 0.4) is 0 Å². The number of aromatic nitrogens is 1. The second-order valence-electron chi connectivity index (χ2n) is 7.03. The van der Waals surface area contributed by atoms with Crippen molar-refractivity contribution in [2.24, 2.45) is 0 Å². The average Bonchev–Trinajstić information content (AvgIpc) is 3.09. The molecule has 0 spiro atoms. The fourth-order valence-electron chi connectivity index (χ4n) is 4.40. The van der Waals surface area contributed by atoms with Gasteiger partial charge in [0.25, 0.3) is 0 Å². The van der Waals surface area contributed by atoms with Crippen LogP contribution in [0, 0.1) is 0 Å². The molecule has 1 nitrogen and oxygen atoms in total. The van der Waals surface area contributed by atoms with Crippen LogP contribution in [0.5, 0.6) is 0 Å². The van der Waals surface area contributed by atoms with Crippen LogP contribution in [0.1, 0.15) is 0 Å². The lowest BCUT2D eigenvalue weighted by Gasteiger charge is -2.08. The Morgan fingerprint density at radius 3 is 1.44 bits per heavy atom. The lowest BCUT2D eigenvalue weighted by Crippen LogP contribution is -1.92. The molecule has 0 radical (unpaired) electrons. The number of hydrogen-bond donors (Lipinski definition) is 0. The second kappa shape index (κ2) is 5.46. The number of rotatable bonds is 1. The van der Waals surface area contributed by atoms with E-state index in [-0.39, 0.29) is 0 Å². The Labute approximate surface area is 157 Å². The van der Waals surface area contributed by atoms with E-state index in [0.717, 1.165) is 0 Å². The number of nitrogens with zero attached hydrogens (tertiary/aromatic N) is 1. The van der Waals surface area contributed by atoms with Crippen LogP contribution in [0.15, 0.2) is 103 Å². The smallest absolute Gasteiger partial charge is 0.0547 e. The van der Waals surface area contributed by atoms with Crippen molar-refractivity contribution in [1.82, 2.24) is 4.57 Å². The van der Waals surface area contributed by atoms with Crippen molar-refractivity contribution in [3.8, 4) is 5.69 Å². The molecule has 0 amide bonds. The Bertz CT molecular complexity index is 1360. The predicted molar refractivity (Wildman–Crippen MR) is 116 cm³/mol. The molecule has 0 aliphatic carbocycles. The lowest BCUT2D eigenvalue weighted by molar-refractivity contribution is 1.18. The van der Waals surface area contributed by atoms with Gasteiger partial charge in [-0.15, -0.1) is 0 Å². The van der Waals surface area contributed by atoms with E-state index in [1.807, 2.05) is 0 Å². The van der Waals surface area contributed by atoms with Gasteiger partial charge in [0.1, 0.15) is 0 Å². The van der Waals surface area contributed by atoms with Gasteiger partial charge in [0.2, 0.25) is 0 Å². The third kappa shape index (κ3) is 2.00. The predicted octanol–water partition coefficient (Wildman–Crippen LogP) is 7.09. The van der Waals surface area contributed by atoms with Gasteiger partial charge in [0.05, 0.1) is 11.0 Å². The fraction of sp³-hybridized carbons (Fsp3) is 0. The summed E-state index contributed by atoms with van der Waals surface area (Å²) in [6.45, 7) is 0. The first-order valence-electron chi connectivity index (χ1n) is 9.31. The van der Waals surface area contributed by atoms with Gasteiger partial charge in [0.15, 0.2) is 0 Å². The molecule has 0 saturated carbocycles. The average molecular weight is 343 g/mol. The first kappa shape index (κ1) is 14.6. The molecule has 126 valence electrons. The molecule has 0 bridgehead atoms. The number of benzene rings is 5.